The van der Waals surface area contributed by atoms with Crippen LogP contribution in [0.5, 0.6) is 0 Å². The molecule has 10 heteroatoms. The molecule has 0 saturated carbocycles. The lowest BCUT2D eigenvalue weighted by atomic mass is 10.0. The second-order valence-corrected chi connectivity index (χ2v) is 10.7. The summed E-state index contributed by atoms with van der Waals surface area (Å²) in [5.74, 6) is -0.485. The molecule has 0 unspecified atom stereocenters. The van der Waals surface area contributed by atoms with Gasteiger partial charge in [0, 0.05) is 59.4 Å². The number of hydrogen-bond acceptors (Lipinski definition) is 5. The lowest BCUT2D eigenvalue weighted by molar-refractivity contribution is 0.0952. The van der Waals surface area contributed by atoms with E-state index in [1.807, 2.05) is 23.6 Å². The van der Waals surface area contributed by atoms with Gasteiger partial charge in [0.25, 0.3) is 11.8 Å². The minimum absolute atomic E-state index is 0.189. The molecular weight excluding hydrogens is 522 g/mol. The van der Waals surface area contributed by atoms with Crippen LogP contribution in [0.2, 0.25) is 5.02 Å². The average Bonchev–Trinajstić information content (AvgIpc) is 3.30. The first-order valence-electron chi connectivity index (χ1n) is 12.7. The van der Waals surface area contributed by atoms with Gasteiger partial charge in [0.05, 0.1) is 0 Å². The molecular formula is C28H32ClN5O3S. The molecule has 0 bridgehead atoms. The monoisotopic (exact) mass is 553 g/mol. The van der Waals surface area contributed by atoms with E-state index in [2.05, 4.69) is 15.5 Å². The fraction of sp³-hybridized carbons (Fsp3) is 0.321. The standard InChI is InChI=1S/C28H32ClN5O3S/c29-23-5-1-4-21(18-23)27(36)32-25-19-22(26(35)31-11-9-24-6-2-17-38-24)8-7-20(25)10-14-33-12-3-13-34(16-15-33)28(30)37/h1-2,4-8,17-19H,3,9-16H2,(H2,30,37)(H,31,35)(H,32,36). The number of amides is 4. The molecule has 0 spiro atoms. The summed E-state index contributed by atoms with van der Waals surface area (Å²) >= 11 is 7.75. The van der Waals surface area contributed by atoms with Crippen LogP contribution in [-0.2, 0) is 12.8 Å². The van der Waals surface area contributed by atoms with Crippen molar-refractivity contribution in [3.05, 3.63) is 86.6 Å². The zero-order valence-corrected chi connectivity index (χ0v) is 22.7. The van der Waals surface area contributed by atoms with Crippen molar-refractivity contribution in [2.75, 3.05) is 44.6 Å². The van der Waals surface area contributed by atoms with Crippen LogP contribution in [0, 0.1) is 0 Å². The molecule has 4 rings (SSSR count). The Morgan fingerprint density at radius 3 is 2.53 bits per heavy atom. The molecule has 2 aromatic carbocycles. The summed E-state index contributed by atoms with van der Waals surface area (Å²) in [6.45, 7) is 4.12. The molecule has 1 aliphatic rings. The molecule has 3 aromatic rings. The molecule has 4 amide bonds. The molecule has 200 valence electrons. The Hall–Kier alpha value is -3.40. The quantitative estimate of drug-likeness (QED) is 0.368. The minimum Gasteiger partial charge on any atom is -0.352 e. The Kier molecular flexibility index (Phi) is 9.75. The van der Waals surface area contributed by atoms with E-state index < -0.39 is 0 Å². The number of halogens is 1. The van der Waals surface area contributed by atoms with Crippen molar-refractivity contribution in [1.29, 1.82) is 0 Å². The van der Waals surface area contributed by atoms with Gasteiger partial charge in [0.1, 0.15) is 0 Å². The molecule has 0 radical (unpaired) electrons. The van der Waals surface area contributed by atoms with E-state index in [1.165, 1.54) is 4.88 Å². The highest BCUT2D eigenvalue weighted by atomic mass is 35.5. The number of primary amides is 1. The Balaban J connectivity index is 1.46. The second kappa shape index (κ2) is 13.4. The van der Waals surface area contributed by atoms with Crippen LogP contribution < -0.4 is 16.4 Å². The zero-order chi connectivity index (χ0) is 26.9. The van der Waals surface area contributed by atoms with Crippen LogP contribution in [0.25, 0.3) is 0 Å². The van der Waals surface area contributed by atoms with Crippen LogP contribution in [0.3, 0.4) is 0 Å². The summed E-state index contributed by atoms with van der Waals surface area (Å²) in [5, 5.41) is 8.45. The number of carbonyl (C=O) groups is 3. The molecule has 38 heavy (non-hydrogen) atoms. The smallest absolute Gasteiger partial charge is 0.314 e. The molecule has 0 aliphatic carbocycles. The van der Waals surface area contributed by atoms with Gasteiger partial charge in [-0.05, 0) is 73.1 Å². The number of urea groups is 1. The maximum absolute atomic E-state index is 13.0. The lowest BCUT2D eigenvalue weighted by Gasteiger charge is -2.21. The molecule has 0 atom stereocenters. The third-order valence-corrected chi connectivity index (χ3v) is 7.71. The summed E-state index contributed by atoms with van der Waals surface area (Å²) in [7, 11) is 0. The fourth-order valence-corrected chi connectivity index (χ4v) is 5.33. The third kappa shape index (κ3) is 7.80. The van der Waals surface area contributed by atoms with Gasteiger partial charge < -0.3 is 26.2 Å². The van der Waals surface area contributed by atoms with Gasteiger partial charge in [-0.2, -0.15) is 0 Å². The zero-order valence-electron chi connectivity index (χ0n) is 21.1. The number of anilines is 1. The van der Waals surface area contributed by atoms with Gasteiger partial charge in [-0.25, -0.2) is 4.79 Å². The average molecular weight is 554 g/mol. The van der Waals surface area contributed by atoms with Gasteiger partial charge in [0.2, 0.25) is 0 Å². The van der Waals surface area contributed by atoms with Gasteiger partial charge >= 0.3 is 6.03 Å². The summed E-state index contributed by atoms with van der Waals surface area (Å²) in [6, 6.07) is 15.8. The van der Waals surface area contributed by atoms with Crippen molar-refractivity contribution in [1.82, 2.24) is 15.1 Å². The van der Waals surface area contributed by atoms with Crippen molar-refractivity contribution >= 4 is 46.5 Å². The van der Waals surface area contributed by atoms with E-state index >= 15 is 0 Å². The molecule has 1 saturated heterocycles. The molecule has 4 N–H and O–H groups in total. The largest absolute Gasteiger partial charge is 0.352 e. The van der Waals surface area contributed by atoms with Crippen molar-refractivity contribution in [2.45, 2.75) is 19.3 Å². The molecule has 1 fully saturated rings. The fourth-order valence-electron chi connectivity index (χ4n) is 4.43. The summed E-state index contributed by atoms with van der Waals surface area (Å²) < 4.78 is 0. The first-order chi connectivity index (χ1) is 18.4. The number of nitrogens with zero attached hydrogens (tertiary/aromatic N) is 2. The van der Waals surface area contributed by atoms with Gasteiger partial charge in [-0.15, -0.1) is 11.3 Å². The van der Waals surface area contributed by atoms with Crippen molar-refractivity contribution in [3.63, 3.8) is 0 Å². The number of nitrogens with two attached hydrogens (primary N) is 1. The predicted octanol–water partition coefficient (Wildman–Crippen LogP) is 4.26. The van der Waals surface area contributed by atoms with Gasteiger partial charge in [-0.3, -0.25) is 9.59 Å². The topological polar surface area (TPSA) is 108 Å². The summed E-state index contributed by atoms with van der Waals surface area (Å²) in [6.07, 6.45) is 2.29. The van der Waals surface area contributed by atoms with E-state index in [0.717, 1.165) is 38.0 Å². The van der Waals surface area contributed by atoms with Crippen LogP contribution in [0.15, 0.2) is 60.0 Å². The van der Waals surface area contributed by atoms with E-state index in [9.17, 15) is 14.4 Å². The normalized spacial score (nSPS) is 14.1. The highest BCUT2D eigenvalue weighted by Gasteiger charge is 2.18. The molecule has 1 aromatic heterocycles. The number of carbonyl (C=O) groups excluding carboxylic acids is 3. The molecule has 2 heterocycles. The number of thiophene rings is 1. The van der Waals surface area contributed by atoms with Crippen molar-refractivity contribution in [2.24, 2.45) is 5.73 Å². The minimum atomic E-state index is -0.387. The van der Waals surface area contributed by atoms with Crippen LogP contribution in [-0.4, -0.2) is 66.9 Å². The van der Waals surface area contributed by atoms with E-state index in [-0.39, 0.29) is 17.8 Å². The van der Waals surface area contributed by atoms with E-state index in [1.54, 1.807) is 52.6 Å². The highest BCUT2D eigenvalue weighted by molar-refractivity contribution is 7.09. The Morgan fingerprint density at radius 1 is 0.921 bits per heavy atom. The number of hydrogen-bond donors (Lipinski definition) is 3. The maximum Gasteiger partial charge on any atom is 0.314 e. The number of nitrogens with one attached hydrogen (secondary N) is 2. The lowest BCUT2D eigenvalue weighted by Crippen LogP contribution is -2.38. The Labute approximate surface area is 231 Å². The SMILES string of the molecule is NC(=O)N1CCCN(CCc2ccc(C(=O)NCCc3cccs3)cc2NC(=O)c2cccc(Cl)c2)CC1. The number of rotatable bonds is 9. The first-order valence-corrected chi connectivity index (χ1v) is 13.9. The Morgan fingerprint density at radius 2 is 1.76 bits per heavy atom. The van der Waals surface area contributed by atoms with Crippen LogP contribution in [0.1, 0.15) is 37.6 Å². The van der Waals surface area contributed by atoms with Crippen LogP contribution in [0.4, 0.5) is 10.5 Å². The molecule has 1 aliphatic heterocycles. The van der Waals surface area contributed by atoms with Crippen molar-refractivity contribution < 1.29 is 14.4 Å². The highest BCUT2D eigenvalue weighted by Crippen LogP contribution is 2.22. The maximum atomic E-state index is 13.0. The second-order valence-electron chi connectivity index (χ2n) is 9.19. The van der Waals surface area contributed by atoms with Crippen LogP contribution >= 0.6 is 22.9 Å². The first kappa shape index (κ1) is 27.6. The summed E-state index contributed by atoms with van der Waals surface area (Å²) in [4.78, 5) is 42.6. The van der Waals surface area contributed by atoms with Gasteiger partial charge in [0.15, 0.2) is 0 Å². The third-order valence-electron chi connectivity index (χ3n) is 6.54. The van der Waals surface area contributed by atoms with E-state index in [4.69, 9.17) is 17.3 Å². The predicted molar refractivity (Wildman–Crippen MR) is 152 cm³/mol. The number of benzene rings is 2. The molecule has 8 nitrogen and oxygen atoms in total. The van der Waals surface area contributed by atoms with Gasteiger partial charge in [-0.1, -0.05) is 29.8 Å². The summed E-state index contributed by atoms with van der Waals surface area (Å²) in [5.41, 5.74) is 7.88. The Bertz CT molecular complexity index is 1270. The van der Waals surface area contributed by atoms with E-state index in [0.29, 0.717) is 47.9 Å². The van der Waals surface area contributed by atoms with Crippen molar-refractivity contribution in [3.8, 4) is 0 Å².